The highest BCUT2D eigenvalue weighted by Gasteiger charge is 2.08. The van der Waals surface area contributed by atoms with Gasteiger partial charge in [-0.1, -0.05) is 59.2 Å². The second kappa shape index (κ2) is 7.56. The summed E-state index contributed by atoms with van der Waals surface area (Å²) in [4.78, 5) is 4.98. The van der Waals surface area contributed by atoms with Crippen molar-refractivity contribution in [1.29, 1.82) is 0 Å². The molecule has 0 heterocycles. The number of halogens is 1. The Hall–Kier alpha value is -2.00. The zero-order chi connectivity index (χ0) is 14.2. The van der Waals surface area contributed by atoms with Crippen LogP contribution in [0.15, 0.2) is 59.8 Å². The molecule has 0 amide bonds. The summed E-state index contributed by atoms with van der Waals surface area (Å²) in [5.74, 6) is 0.820. The van der Waals surface area contributed by atoms with Gasteiger partial charge in [0.05, 0.1) is 0 Å². The Bertz CT molecular complexity index is 570. The van der Waals surface area contributed by atoms with Gasteiger partial charge in [0.25, 0.3) is 0 Å². The first kappa shape index (κ1) is 14.4. The van der Waals surface area contributed by atoms with Crippen molar-refractivity contribution in [1.82, 2.24) is 0 Å². The molecule has 0 spiro atoms. The first-order valence-corrected chi connectivity index (χ1v) is 6.80. The topological polar surface area (TPSA) is 30.8 Å². The number of oxime groups is 1. The molecule has 0 saturated heterocycles. The first-order chi connectivity index (χ1) is 9.81. The quantitative estimate of drug-likeness (QED) is 0.589. The minimum atomic E-state index is 0.333. The first-order valence-electron chi connectivity index (χ1n) is 6.43. The van der Waals surface area contributed by atoms with Crippen LogP contribution in [0.25, 0.3) is 0 Å². The van der Waals surface area contributed by atoms with Crippen LogP contribution < -0.4 is 4.74 Å². The summed E-state index contributed by atoms with van der Waals surface area (Å²) >= 11 is 6.14. The largest absolute Gasteiger partial charge is 0.489 e. The van der Waals surface area contributed by atoms with Crippen LogP contribution in [0, 0.1) is 0 Å². The normalized spacial score (nSPS) is 11.2. The van der Waals surface area contributed by atoms with E-state index in [4.69, 9.17) is 21.2 Å². The summed E-state index contributed by atoms with van der Waals surface area (Å²) in [5.41, 5.74) is 1.78. The highest BCUT2D eigenvalue weighted by Crippen LogP contribution is 2.16. The molecule has 4 heteroatoms. The maximum absolute atomic E-state index is 6.14. The van der Waals surface area contributed by atoms with E-state index in [-0.39, 0.29) is 0 Å². The minimum Gasteiger partial charge on any atom is -0.489 e. The highest BCUT2D eigenvalue weighted by atomic mass is 35.5. The fourth-order valence-corrected chi connectivity index (χ4v) is 1.93. The van der Waals surface area contributed by atoms with Crippen molar-refractivity contribution in [2.24, 2.45) is 5.16 Å². The molecule has 0 saturated carbocycles. The summed E-state index contributed by atoms with van der Waals surface area (Å²) in [6, 6.07) is 17.4. The van der Waals surface area contributed by atoms with Gasteiger partial charge in [-0.25, -0.2) is 0 Å². The van der Waals surface area contributed by atoms with Gasteiger partial charge in [0.1, 0.15) is 19.0 Å². The smallest absolute Gasteiger partial charge is 0.175 e. The lowest BCUT2D eigenvalue weighted by Gasteiger charge is -2.09. The van der Waals surface area contributed by atoms with E-state index in [0.29, 0.717) is 18.4 Å². The summed E-state index contributed by atoms with van der Waals surface area (Å²) in [5, 5.41) is 4.19. The second-order valence-corrected chi connectivity index (χ2v) is 4.42. The molecule has 20 heavy (non-hydrogen) atoms. The molecule has 0 N–H and O–H groups in total. The van der Waals surface area contributed by atoms with E-state index in [1.807, 2.05) is 61.5 Å². The van der Waals surface area contributed by atoms with E-state index >= 15 is 0 Å². The maximum atomic E-state index is 6.14. The number of ether oxygens (including phenoxy) is 1. The van der Waals surface area contributed by atoms with Gasteiger partial charge >= 0.3 is 0 Å². The number of hydrogen-bond donors (Lipinski definition) is 0. The van der Waals surface area contributed by atoms with Crippen molar-refractivity contribution in [3.05, 3.63) is 65.7 Å². The standard InChI is InChI=1S/C16H16ClNO2/c1-2-20-18-16(17)15-11-7-6-8-13(15)12-19-14-9-4-3-5-10-14/h3-11H,2,12H2,1H3. The fourth-order valence-electron chi connectivity index (χ4n) is 1.70. The Morgan fingerprint density at radius 1 is 1.05 bits per heavy atom. The molecule has 0 aliphatic rings. The van der Waals surface area contributed by atoms with Gasteiger partial charge in [-0.2, -0.15) is 0 Å². The molecule has 104 valence electrons. The molecule has 0 bridgehead atoms. The molecule has 0 fully saturated rings. The molecule has 2 aromatic rings. The van der Waals surface area contributed by atoms with Crippen molar-refractivity contribution in [3.63, 3.8) is 0 Å². The van der Waals surface area contributed by atoms with Crippen LogP contribution in [0.2, 0.25) is 0 Å². The van der Waals surface area contributed by atoms with Crippen LogP contribution >= 0.6 is 11.6 Å². The average molecular weight is 290 g/mol. The maximum Gasteiger partial charge on any atom is 0.175 e. The Balaban J connectivity index is 2.12. The van der Waals surface area contributed by atoms with E-state index in [0.717, 1.165) is 16.9 Å². The van der Waals surface area contributed by atoms with Crippen molar-refractivity contribution >= 4 is 16.8 Å². The molecular formula is C16H16ClNO2. The molecule has 0 aliphatic heterocycles. The molecule has 0 radical (unpaired) electrons. The predicted octanol–water partition coefficient (Wildman–Crippen LogP) is 4.20. The van der Waals surface area contributed by atoms with E-state index in [2.05, 4.69) is 5.16 Å². The van der Waals surface area contributed by atoms with Gasteiger partial charge in [0.15, 0.2) is 5.17 Å². The highest BCUT2D eigenvalue weighted by molar-refractivity contribution is 6.69. The molecule has 2 rings (SSSR count). The Morgan fingerprint density at radius 3 is 2.50 bits per heavy atom. The molecule has 0 aromatic heterocycles. The van der Waals surface area contributed by atoms with Crippen molar-refractivity contribution in [2.45, 2.75) is 13.5 Å². The van der Waals surface area contributed by atoms with Crippen molar-refractivity contribution < 1.29 is 9.57 Å². The summed E-state index contributed by atoms with van der Waals surface area (Å²) < 4.78 is 5.73. The monoisotopic (exact) mass is 289 g/mol. The van der Waals surface area contributed by atoms with E-state index in [1.54, 1.807) is 0 Å². The van der Waals surface area contributed by atoms with Gasteiger partial charge in [-0.3, -0.25) is 0 Å². The molecule has 0 unspecified atom stereocenters. The van der Waals surface area contributed by atoms with Crippen LogP contribution in [0.3, 0.4) is 0 Å². The van der Waals surface area contributed by atoms with Gasteiger partial charge in [0.2, 0.25) is 0 Å². The Labute approximate surface area is 123 Å². The minimum absolute atomic E-state index is 0.333. The fraction of sp³-hybridized carbons (Fsp3) is 0.188. The van der Waals surface area contributed by atoms with E-state index in [9.17, 15) is 0 Å². The number of hydrogen-bond acceptors (Lipinski definition) is 3. The number of para-hydroxylation sites is 1. The van der Waals surface area contributed by atoms with Crippen LogP contribution in [-0.4, -0.2) is 11.8 Å². The summed E-state index contributed by atoms with van der Waals surface area (Å²) in [6.07, 6.45) is 0. The molecular weight excluding hydrogens is 274 g/mol. The average Bonchev–Trinajstić information content (AvgIpc) is 2.52. The zero-order valence-electron chi connectivity index (χ0n) is 11.3. The van der Waals surface area contributed by atoms with Gasteiger partial charge in [-0.05, 0) is 24.6 Å². The van der Waals surface area contributed by atoms with E-state index < -0.39 is 0 Å². The van der Waals surface area contributed by atoms with Crippen molar-refractivity contribution in [2.75, 3.05) is 6.61 Å². The predicted molar refractivity (Wildman–Crippen MR) is 81.2 cm³/mol. The van der Waals surface area contributed by atoms with Gasteiger partial charge in [-0.15, -0.1) is 0 Å². The number of rotatable bonds is 6. The number of benzene rings is 2. The number of nitrogens with zero attached hydrogens (tertiary/aromatic N) is 1. The molecule has 2 aromatic carbocycles. The van der Waals surface area contributed by atoms with Gasteiger partial charge < -0.3 is 9.57 Å². The summed E-state index contributed by atoms with van der Waals surface area (Å²) in [6.45, 7) is 2.77. The van der Waals surface area contributed by atoms with Crippen LogP contribution in [0.5, 0.6) is 5.75 Å². The lowest BCUT2D eigenvalue weighted by molar-refractivity contribution is 0.160. The lowest BCUT2D eigenvalue weighted by atomic mass is 10.1. The molecule has 0 atom stereocenters. The van der Waals surface area contributed by atoms with E-state index in [1.165, 1.54) is 0 Å². The summed E-state index contributed by atoms with van der Waals surface area (Å²) in [7, 11) is 0. The zero-order valence-corrected chi connectivity index (χ0v) is 12.0. The Morgan fingerprint density at radius 2 is 1.75 bits per heavy atom. The SMILES string of the molecule is CCON=C(Cl)c1ccccc1COc1ccccc1. The van der Waals surface area contributed by atoms with Crippen LogP contribution in [0.1, 0.15) is 18.1 Å². The molecule has 0 aliphatic carbocycles. The van der Waals surface area contributed by atoms with Crippen LogP contribution in [-0.2, 0) is 11.4 Å². The van der Waals surface area contributed by atoms with Gasteiger partial charge in [0, 0.05) is 5.56 Å². The molecule has 3 nitrogen and oxygen atoms in total. The van der Waals surface area contributed by atoms with Crippen molar-refractivity contribution in [3.8, 4) is 5.75 Å². The second-order valence-electron chi connectivity index (χ2n) is 4.06. The third-order valence-electron chi connectivity index (χ3n) is 2.65. The Kier molecular flexibility index (Phi) is 5.44. The van der Waals surface area contributed by atoms with Crippen LogP contribution in [0.4, 0.5) is 0 Å². The third kappa shape index (κ3) is 4.00. The lowest BCUT2D eigenvalue weighted by Crippen LogP contribution is -2.03. The third-order valence-corrected chi connectivity index (χ3v) is 2.92.